The first-order valence-electron chi connectivity index (χ1n) is 22.9. The fraction of sp³-hybridized carbons (Fsp3) is 0.867. The Labute approximate surface area is 372 Å². The first-order chi connectivity index (χ1) is 29.3. The number of hydrogen-bond acceptors (Lipinski definition) is 13. The van der Waals surface area contributed by atoms with Crippen molar-refractivity contribution in [3.05, 3.63) is 0 Å². The molecule has 0 spiro atoms. The van der Waals surface area contributed by atoms with Crippen molar-refractivity contribution in [2.24, 2.45) is 0 Å². The quantitative estimate of drug-likeness (QED) is 0.0435. The normalized spacial score (nSPS) is 12.4. The lowest BCUT2D eigenvalue weighted by molar-refractivity contribution is -0.159. The highest BCUT2D eigenvalue weighted by Gasteiger charge is 2.27. The molecule has 0 bridgehead atoms. The number of carbonyl (C=O) groups is 6. The number of nitrogens with one attached hydrogen (secondary N) is 4. The van der Waals surface area contributed by atoms with Crippen molar-refractivity contribution < 1.29 is 52.5 Å². The molecule has 3 amide bonds. The Bertz CT molecular complexity index is 1170. The highest BCUT2D eigenvalue weighted by molar-refractivity contribution is 7.99. The van der Waals surface area contributed by atoms with E-state index in [9.17, 15) is 28.8 Å². The van der Waals surface area contributed by atoms with Crippen LogP contribution in [0.1, 0.15) is 150 Å². The summed E-state index contributed by atoms with van der Waals surface area (Å²) in [4.78, 5) is 73.5. The first-order valence-corrected chi connectivity index (χ1v) is 24.1. The van der Waals surface area contributed by atoms with Gasteiger partial charge in [0.2, 0.25) is 17.7 Å². The van der Waals surface area contributed by atoms with Crippen LogP contribution < -0.4 is 21.3 Å². The van der Waals surface area contributed by atoms with E-state index in [1.807, 2.05) is 0 Å². The van der Waals surface area contributed by atoms with Crippen molar-refractivity contribution in [3.63, 3.8) is 0 Å². The Morgan fingerprint density at radius 3 is 1.80 bits per heavy atom. The van der Waals surface area contributed by atoms with Crippen LogP contribution >= 0.6 is 11.8 Å². The summed E-state index contributed by atoms with van der Waals surface area (Å²) in [6.07, 6.45) is 16.0. The van der Waals surface area contributed by atoms with Gasteiger partial charge in [-0.25, -0.2) is 4.79 Å². The highest BCUT2D eigenvalue weighted by atomic mass is 32.2. The number of rotatable bonds is 43. The number of carbonyl (C=O) groups excluding carboxylic acids is 6. The lowest BCUT2D eigenvalue weighted by Gasteiger charge is -2.24. The van der Waals surface area contributed by atoms with Crippen LogP contribution in [0.25, 0.3) is 0 Å². The molecular formula is C45H84N4O11S. The molecule has 15 nitrogen and oxygen atoms in total. The third-order valence-electron chi connectivity index (χ3n) is 9.41. The predicted octanol–water partition coefficient (Wildman–Crippen LogP) is 5.63. The van der Waals surface area contributed by atoms with Crippen LogP contribution in [0.5, 0.6) is 0 Å². The lowest BCUT2D eigenvalue weighted by Crippen LogP contribution is -2.46. The van der Waals surface area contributed by atoms with E-state index in [-0.39, 0.29) is 75.3 Å². The van der Waals surface area contributed by atoms with E-state index in [4.69, 9.17) is 23.7 Å². The Morgan fingerprint density at radius 1 is 0.557 bits per heavy atom. The van der Waals surface area contributed by atoms with Gasteiger partial charge in [-0.2, -0.15) is 11.8 Å². The molecule has 0 saturated carbocycles. The molecule has 0 radical (unpaired) electrons. The molecule has 0 aromatic carbocycles. The van der Waals surface area contributed by atoms with Crippen LogP contribution in [0.4, 0.5) is 0 Å². The average molecular weight is 889 g/mol. The summed E-state index contributed by atoms with van der Waals surface area (Å²) >= 11 is 2.08. The maximum Gasteiger partial charge on any atom is 0.329 e. The zero-order chi connectivity index (χ0) is 45.4. The lowest BCUT2D eigenvalue weighted by atomic mass is 10.1. The Balaban J connectivity index is 3.88. The predicted molar refractivity (Wildman–Crippen MR) is 242 cm³/mol. The summed E-state index contributed by atoms with van der Waals surface area (Å²) in [5, 5.41) is 11.3. The number of hydrogen-bond donors (Lipinski definition) is 4. The number of unbranched alkanes of at least 4 members (excludes halogenated alkanes) is 9. The van der Waals surface area contributed by atoms with Crippen molar-refractivity contribution in [2.75, 3.05) is 84.5 Å². The third kappa shape index (κ3) is 39.9. The summed E-state index contributed by atoms with van der Waals surface area (Å²) in [6, 6.07) is -1.22. The molecule has 356 valence electrons. The van der Waals surface area contributed by atoms with E-state index < -0.39 is 23.5 Å². The van der Waals surface area contributed by atoms with Gasteiger partial charge in [0, 0.05) is 39.0 Å². The highest BCUT2D eigenvalue weighted by Crippen LogP contribution is 2.14. The second-order valence-corrected chi connectivity index (χ2v) is 17.6. The van der Waals surface area contributed by atoms with Crippen LogP contribution in [0.3, 0.4) is 0 Å². The largest absolute Gasteiger partial charge is 0.458 e. The molecule has 2 unspecified atom stereocenters. The van der Waals surface area contributed by atoms with Gasteiger partial charge >= 0.3 is 5.97 Å². The number of Topliss-reactive ketones (excluding diaryl/α,β-unsaturated/α-hetero) is 2. The Hall–Kier alpha value is -2.63. The van der Waals surface area contributed by atoms with Gasteiger partial charge in [0.05, 0.1) is 39.1 Å². The third-order valence-corrected chi connectivity index (χ3v) is 10.6. The summed E-state index contributed by atoms with van der Waals surface area (Å²) in [5.74, 6) is 1.20. The Kier molecular flexibility index (Phi) is 38.4. The van der Waals surface area contributed by atoms with Crippen LogP contribution in [0.15, 0.2) is 0 Å². The monoisotopic (exact) mass is 889 g/mol. The zero-order valence-corrected chi connectivity index (χ0v) is 39.6. The fourth-order valence-corrected chi connectivity index (χ4v) is 7.01. The summed E-state index contributed by atoms with van der Waals surface area (Å²) in [7, 11) is 1.74. The van der Waals surface area contributed by atoms with Crippen LogP contribution in [0.2, 0.25) is 0 Å². The molecule has 0 aromatic rings. The van der Waals surface area contributed by atoms with Crippen LogP contribution in [-0.2, 0) is 52.5 Å². The van der Waals surface area contributed by atoms with Crippen LogP contribution in [0, 0.1) is 0 Å². The van der Waals surface area contributed by atoms with Gasteiger partial charge < -0.3 is 45.0 Å². The molecule has 0 saturated heterocycles. The number of thioether (sulfide) groups is 1. The van der Waals surface area contributed by atoms with Gasteiger partial charge in [-0.15, -0.1) is 0 Å². The maximum atomic E-state index is 12.8. The van der Waals surface area contributed by atoms with Crippen molar-refractivity contribution in [2.45, 2.75) is 168 Å². The molecule has 0 aliphatic rings. The molecule has 0 aromatic heterocycles. The zero-order valence-electron chi connectivity index (χ0n) is 38.8. The smallest absolute Gasteiger partial charge is 0.329 e. The van der Waals surface area contributed by atoms with E-state index in [2.05, 4.69) is 40.0 Å². The molecule has 4 N–H and O–H groups in total. The SMILES string of the molecule is CCCCCCCSCCCCCCCC(=O)NCCOCCOCC(=O)CCCOCCOCC(=O)NC(CCC(=O)NCCCCC(NC)C(C)=O)C(=O)OC(C)(C)C. The molecular weight excluding hydrogens is 805 g/mol. The van der Waals surface area contributed by atoms with Crippen molar-refractivity contribution in [1.82, 2.24) is 21.3 Å². The first kappa shape index (κ1) is 58.4. The van der Waals surface area contributed by atoms with Gasteiger partial charge in [-0.3, -0.25) is 24.0 Å². The molecule has 61 heavy (non-hydrogen) atoms. The second-order valence-electron chi connectivity index (χ2n) is 16.4. The number of ether oxygens (including phenoxy) is 5. The number of likely N-dealkylation sites (N-methyl/N-ethyl adjacent to an activating group) is 1. The van der Waals surface area contributed by atoms with Gasteiger partial charge in [-0.05, 0) is 97.6 Å². The summed E-state index contributed by atoms with van der Waals surface area (Å²) in [6.45, 7) is 11.2. The van der Waals surface area contributed by atoms with Crippen LogP contribution in [-0.4, -0.2) is 137 Å². The van der Waals surface area contributed by atoms with Crippen molar-refractivity contribution in [3.8, 4) is 0 Å². The molecule has 16 heteroatoms. The average Bonchev–Trinajstić information content (AvgIpc) is 3.20. The minimum Gasteiger partial charge on any atom is -0.458 e. The fourth-order valence-electron chi connectivity index (χ4n) is 5.99. The number of ketones is 2. The van der Waals surface area contributed by atoms with Gasteiger partial charge in [0.15, 0.2) is 5.78 Å². The minimum atomic E-state index is -1.03. The van der Waals surface area contributed by atoms with Gasteiger partial charge in [0.1, 0.15) is 30.6 Å². The Morgan fingerprint density at radius 2 is 1.15 bits per heavy atom. The van der Waals surface area contributed by atoms with Gasteiger partial charge in [0.25, 0.3) is 0 Å². The molecule has 0 fully saturated rings. The summed E-state index contributed by atoms with van der Waals surface area (Å²) < 4.78 is 27.2. The topological polar surface area (TPSA) is 197 Å². The van der Waals surface area contributed by atoms with E-state index in [1.165, 1.54) is 62.9 Å². The standard InChI is InChI=1S/C45H84N4O11S/c1-7-8-9-12-17-33-61-34-18-13-10-11-14-22-41(52)48-26-28-57-30-31-58-35-38(51)20-19-27-56-29-32-59-36-43(54)49-40(44(55)60-45(3,4)5)23-24-42(53)47-25-16-15-21-39(46-6)37(2)50/h39-40,46H,7-36H2,1-6H3,(H,47,53)(H,48,52)(H,49,54). The molecule has 0 aliphatic carbocycles. The molecule has 0 rings (SSSR count). The minimum absolute atomic E-state index is 0.00794. The molecule has 2 atom stereocenters. The number of esters is 1. The van der Waals surface area contributed by atoms with E-state index in [0.717, 1.165) is 19.3 Å². The van der Waals surface area contributed by atoms with Crippen molar-refractivity contribution in [1.29, 1.82) is 0 Å². The van der Waals surface area contributed by atoms with E-state index >= 15 is 0 Å². The molecule has 0 heterocycles. The summed E-state index contributed by atoms with van der Waals surface area (Å²) in [5.41, 5.74) is -0.777. The van der Waals surface area contributed by atoms with E-state index in [1.54, 1.807) is 34.7 Å². The second kappa shape index (κ2) is 40.2. The van der Waals surface area contributed by atoms with E-state index in [0.29, 0.717) is 65.0 Å². The van der Waals surface area contributed by atoms with Crippen molar-refractivity contribution >= 4 is 47.0 Å². The molecule has 0 aliphatic heterocycles. The number of amides is 3. The maximum absolute atomic E-state index is 12.8. The van der Waals surface area contributed by atoms with Gasteiger partial charge in [-0.1, -0.05) is 51.9 Å².